The van der Waals surface area contributed by atoms with Crippen LogP contribution in [0.1, 0.15) is 12.8 Å². The number of hydrogen-bond donors (Lipinski definition) is 2. The fraction of sp³-hybridized carbons (Fsp3) is 0.462. The maximum absolute atomic E-state index is 12.2. The van der Waals surface area contributed by atoms with Gasteiger partial charge < -0.3 is 14.8 Å². The first-order valence-electron chi connectivity index (χ1n) is 6.51. The second-order valence-electron chi connectivity index (χ2n) is 4.81. The molecule has 0 aromatic heterocycles. The molecule has 0 saturated carbocycles. The van der Waals surface area contributed by atoms with Gasteiger partial charge in [-0.15, -0.1) is 0 Å². The van der Waals surface area contributed by atoms with Gasteiger partial charge in [-0.2, -0.15) is 0 Å². The quantitative estimate of drug-likeness (QED) is 0.851. The van der Waals surface area contributed by atoms with Crippen LogP contribution in [0, 0.1) is 5.92 Å². The van der Waals surface area contributed by atoms with Crippen molar-refractivity contribution in [2.75, 3.05) is 25.6 Å². The second-order valence-corrected chi connectivity index (χ2v) is 6.37. The molecule has 8 heteroatoms. The molecule has 2 rings (SSSR count). The number of nitrogens with two attached hydrogens (primary N) is 1. The lowest BCUT2D eigenvalue weighted by Gasteiger charge is -2.22. The van der Waals surface area contributed by atoms with Crippen LogP contribution in [0.4, 0.5) is 5.69 Å². The zero-order valence-electron chi connectivity index (χ0n) is 11.7. The second kappa shape index (κ2) is 6.42. The predicted molar refractivity (Wildman–Crippen MR) is 76.5 cm³/mol. The van der Waals surface area contributed by atoms with E-state index in [9.17, 15) is 13.2 Å². The number of methoxy groups -OCH3 is 1. The Balaban J connectivity index is 2.22. The van der Waals surface area contributed by atoms with E-state index in [-0.39, 0.29) is 22.4 Å². The van der Waals surface area contributed by atoms with Crippen molar-refractivity contribution < 1.29 is 22.7 Å². The highest BCUT2D eigenvalue weighted by Crippen LogP contribution is 2.28. The van der Waals surface area contributed by atoms with Crippen molar-refractivity contribution in [2.24, 2.45) is 11.1 Å². The molecule has 116 valence electrons. The van der Waals surface area contributed by atoms with Gasteiger partial charge in [0.05, 0.1) is 30.2 Å². The van der Waals surface area contributed by atoms with E-state index >= 15 is 0 Å². The van der Waals surface area contributed by atoms with Gasteiger partial charge in [0.2, 0.25) is 15.9 Å². The van der Waals surface area contributed by atoms with E-state index in [0.717, 1.165) is 12.8 Å². The highest BCUT2D eigenvalue weighted by atomic mass is 32.2. The average molecular weight is 314 g/mol. The molecule has 1 fully saturated rings. The van der Waals surface area contributed by atoms with E-state index in [1.807, 2.05) is 0 Å². The number of nitrogens with one attached hydrogen (secondary N) is 1. The van der Waals surface area contributed by atoms with Gasteiger partial charge >= 0.3 is 0 Å². The minimum absolute atomic E-state index is 0.0847. The van der Waals surface area contributed by atoms with Crippen LogP contribution in [0.2, 0.25) is 0 Å². The largest absolute Gasteiger partial charge is 0.495 e. The molecule has 1 atom stereocenters. The Kier molecular flexibility index (Phi) is 4.81. The SMILES string of the molecule is COc1ccc(S(N)(=O)=O)cc1NC(=O)C1CCCOC1. The first kappa shape index (κ1) is 15.7. The fourth-order valence-corrected chi connectivity index (χ4v) is 2.68. The predicted octanol–water partition coefficient (Wildman–Crippen LogP) is 0.708. The molecule has 0 radical (unpaired) electrons. The summed E-state index contributed by atoms with van der Waals surface area (Å²) in [6.07, 6.45) is 1.56. The summed E-state index contributed by atoms with van der Waals surface area (Å²) in [7, 11) is -2.41. The summed E-state index contributed by atoms with van der Waals surface area (Å²) in [4.78, 5) is 12.1. The van der Waals surface area contributed by atoms with Crippen LogP contribution in [-0.2, 0) is 19.6 Å². The Morgan fingerprint density at radius 2 is 2.24 bits per heavy atom. The lowest BCUT2D eigenvalue weighted by molar-refractivity contribution is -0.123. The van der Waals surface area contributed by atoms with Gasteiger partial charge in [0.1, 0.15) is 5.75 Å². The third kappa shape index (κ3) is 3.93. The number of carbonyl (C=O) groups is 1. The minimum Gasteiger partial charge on any atom is -0.495 e. The van der Waals surface area contributed by atoms with Crippen molar-refractivity contribution in [1.82, 2.24) is 0 Å². The molecule has 1 saturated heterocycles. The number of ether oxygens (including phenoxy) is 2. The van der Waals surface area contributed by atoms with Gasteiger partial charge in [0, 0.05) is 6.61 Å². The third-order valence-corrected chi connectivity index (χ3v) is 4.20. The maximum Gasteiger partial charge on any atom is 0.238 e. The average Bonchev–Trinajstić information content (AvgIpc) is 2.47. The van der Waals surface area contributed by atoms with E-state index in [4.69, 9.17) is 14.6 Å². The van der Waals surface area contributed by atoms with Crippen LogP contribution in [0.15, 0.2) is 23.1 Å². The van der Waals surface area contributed by atoms with Crippen LogP contribution in [0.5, 0.6) is 5.75 Å². The van der Waals surface area contributed by atoms with Crippen molar-refractivity contribution >= 4 is 21.6 Å². The van der Waals surface area contributed by atoms with Crippen molar-refractivity contribution in [3.8, 4) is 5.75 Å². The molecule has 0 aliphatic carbocycles. The Morgan fingerprint density at radius 1 is 1.48 bits per heavy atom. The molecule has 1 aliphatic rings. The van der Waals surface area contributed by atoms with E-state index in [0.29, 0.717) is 19.0 Å². The zero-order chi connectivity index (χ0) is 15.5. The molecule has 1 aromatic rings. The normalized spacial score (nSPS) is 19.0. The number of hydrogen-bond acceptors (Lipinski definition) is 5. The van der Waals surface area contributed by atoms with Gasteiger partial charge in [0.15, 0.2) is 0 Å². The number of anilines is 1. The molecule has 1 aliphatic heterocycles. The molecular weight excluding hydrogens is 296 g/mol. The summed E-state index contributed by atoms with van der Waals surface area (Å²) < 4.78 is 33.1. The number of benzene rings is 1. The van der Waals surface area contributed by atoms with Crippen LogP contribution in [-0.4, -0.2) is 34.6 Å². The monoisotopic (exact) mass is 314 g/mol. The first-order chi connectivity index (χ1) is 9.91. The van der Waals surface area contributed by atoms with Crippen LogP contribution < -0.4 is 15.2 Å². The summed E-state index contributed by atoms with van der Waals surface area (Å²) in [5, 5.41) is 7.77. The summed E-state index contributed by atoms with van der Waals surface area (Å²) in [5.74, 6) is -0.103. The van der Waals surface area contributed by atoms with Crippen LogP contribution in [0.25, 0.3) is 0 Å². The highest BCUT2D eigenvalue weighted by molar-refractivity contribution is 7.89. The summed E-state index contributed by atoms with van der Waals surface area (Å²) in [6.45, 7) is 1.02. The Bertz CT molecular complexity index is 623. The summed E-state index contributed by atoms with van der Waals surface area (Å²) >= 11 is 0. The van der Waals surface area contributed by atoms with Crippen molar-refractivity contribution in [2.45, 2.75) is 17.7 Å². The molecule has 0 bridgehead atoms. The molecule has 1 heterocycles. The molecule has 7 nitrogen and oxygen atoms in total. The lowest BCUT2D eigenvalue weighted by atomic mass is 10.0. The molecule has 1 unspecified atom stereocenters. The number of rotatable bonds is 4. The maximum atomic E-state index is 12.2. The molecular formula is C13H18N2O5S. The third-order valence-electron chi connectivity index (χ3n) is 3.29. The van der Waals surface area contributed by atoms with Crippen molar-refractivity contribution in [3.63, 3.8) is 0 Å². The topological polar surface area (TPSA) is 108 Å². The highest BCUT2D eigenvalue weighted by Gasteiger charge is 2.23. The molecule has 3 N–H and O–H groups in total. The number of carbonyl (C=O) groups excluding carboxylic acids is 1. The van der Waals surface area contributed by atoms with Crippen LogP contribution in [0.3, 0.4) is 0 Å². The number of sulfonamides is 1. The zero-order valence-corrected chi connectivity index (χ0v) is 12.5. The van der Waals surface area contributed by atoms with Gasteiger partial charge in [-0.1, -0.05) is 0 Å². The van der Waals surface area contributed by atoms with Gasteiger partial charge in [-0.25, -0.2) is 13.6 Å². The Labute approximate surface area is 123 Å². The number of primary sulfonamides is 1. The van der Waals surface area contributed by atoms with Gasteiger partial charge in [-0.05, 0) is 31.0 Å². The molecule has 1 aromatic carbocycles. The molecule has 1 amide bonds. The Morgan fingerprint density at radius 3 is 2.81 bits per heavy atom. The van der Waals surface area contributed by atoms with Crippen molar-refractivity contribution in [3.05, 3.63) is 18.2 Å². The number of amides is 1. The summed E-state index contributed by atoms with van der Waals surface area (Å²) in [5.41, 5.74) is 0.277. The van der Waals surface area contributed by atoms with E-state index in [1.54, 1.807) is 0 Å². The van der Waals surface area contributed by atoms with Gasteiger partial charge in [0.25, 0.3) is 0 Å². The van der Waals surface area contributed by atoms with E-state index in [1.165, 1.54) is 25.3 Å². The molecule has 21 heavy (non-hydrogen) atoms. The lowest BCUT2D eigenvalue weighted by Crippen LogP contribution is -2.30. The standard InChI is InChI=1S/C13H18N2O5S/c1-19-12-5-4-10(21(14,17)18)7-11(12)15-13(16)9-3-2-6-20-8-9/h4-5,7,9H,2-3,6,8H2,1H3,(H,15,16)(H2,14,17,18). The van der Waals surface area contributed by atoms with Gasteiger partial charge in [-0.3, -0.25) is 4.79 Å². The van der Waals surface area contributed by atoms with E-state index in [2.05, 4.69) is 5.32 Å². The molecule has 0 spiro atoms. The smallest absolute Gasteiger partial charge is 0.238 e. The van der Waals surface area contributed by atoms with E-state index < -0.39 is 10.0 Å². The van der Waals surface area contributed by atoms with Crippen molar-refractivity contribution in [1.29, 1.82) is 0 Å². The fourth-order valence-electron chi connectivity index (χ4n) is 2.14. The minimum atomic E-state index is -3.84. The summed E-state index contributed by atoms with van der Waals surface area (Å²) in [6, 6.07) is 4.07. The Hall–Kier alpha value is -1.64. The first-order valence-corrected chi connectivity index (χ1v) is 8.06. The van der Waals surface area contributed by atoms with Crippen LogP contribution >= 0.6 is 0 Å².